The second kappa shape index (κ2) is 3.56. The maximum atomic E-state index is 11.0. The Balaban J connectivity index is 3.14. The molecule has 0 amide bonds. The third-order valence-electron chi connectivity index (χ3n) is 1.61. The van der Waals surface area contributed by atoms with Gasteiger partial charge in [0.15, 0.2) is 15.1 Å². The number of sulfone groups is 1. The molecule has 0 saturated carbocycles. The van der Waals surface area contributed by atoms with Crippen LogP contribution < -0.4 is 5.30 Å². The fourth-order valence-electron chi connectivity index (χ4n) is 0.893. The van der Waals surface area contributed by atoms with E-state index in [0.29, 0.717) is 0 Å². The Morgan fingerprint density at radius 1 is 1.07 bits per heavy atom. The van der Waals surface area contributed by atoms with Crippen molar-refractivity contribution in [1.82, 2.24) is 0 Å². The Hall–Kier alpha value is -0.520. The van der Waals surface area contributed by atoms with E-state index in [4.69, 9.17) is 14.7 Å². The van der Waals surface area contributed by atoms with Crippen molar-refractivity contribution in [3.8, 4) is 0 Å². The number of hydrogen-bond donors (Lipinski definition) is 3. The molecule has 3 N–H and O–H groups in total. The van der Waals surface area contributed by atoms with Crippen LogP contribution in [0, 0.1) is 0 Å². The van der Waals surface area contributed by atoms with Gasteiger partial charge in [0.2, 0.25) is 0 Å². The zero-order chi connectivity index (χ0) is 11.0. The lowest BCUT2D eigenvalue weighted by molar-refractivity contribution is 0.347. The fourth-order valence-corrected chi connectivity index (χ4v) is 2.07. The lowest BCUT2D eigenvalue weighted by Crippen LogP contribution is -2.10. The summed E-state index contributed by atoms with van der Waals surface area (Å²) in [5, 5.41) is -0.0788. The van der Waals surface area contributed by atoms with E-state index in [2.05, 4.69) is 0 Å². The molecule has 14 heavy (non-hydrogen) atoms. The number of hydrogen-bond acceptors (Lipinski definition) is 5. The molecule has 78 valence electrons. The average Bonchev–Trinajstić information content (AvgIpc) is 2.01. The molecular formula is C7H10O5PS+. The summed E-state index contributed by atoms with van der Waals surface area (Å²) in [5.74, 6) is 0. The van der Waals surface area contributed by atoms with Gasteiger partial charge in [-0.05, 0) is 24.3 Å². The Labute approximate surface area is 82.1 Å². The molecule has 0 saturated heterocycles. The van der Waals surface area contributed by atoms with Gasteiger partial charge in [0.05, 0.1) is 4.90 Å². The highest BCUT2D eigenvalue weighted by molar-refractivity contribution is 7.90. The SMILES string of the molecule is CS(=O)(=O)c1ccc([P+](O)(O)O)cc1. The third kappa shape index (κ3) is 2.73. The summed E-state index contributed by atoms with van der Waals surface area (Å²) in [6.45, 7) is 0. The summed E-state index contributed by atoms with van der Waals surface area (Å²) >= 11 is 0. The van der Waals surface area contributed by atoms with Crippen molar-refractivity contribution in [2.45, 2.75) is 4.90 Å². The zero-order valence-corrected chi connectivity index (χ0v) is 9.03. The maximum absolute atomic E-state index is 11.0. The summed E-state index contributed by atoms with van der Waals surface area (Å²) in [7, 11) is -7.33. The van der Waals surface area contributed by atoms with E-state index in [9.17, 15) is 8.42 Å². The topological polar surface area (TPSA) is 94.8 Å². The van der Waals surface area contributed by atoms with Crippen LogP contribution in [0.15, 0.2) is 29.2 Å². The first kappa shape index (κ1) is 11.6. The van der Waals surface area contributed by atoms with Crippen LogP contribution in [0.3, 0.4) is 0 Å². The molecule has 0 aromatic heterocycles. The molecule has 7 heteroatoms. The molecule has 0 unspecified atom stereocenters. The normalized spacial score (nSPS) is 12.9. The van der Waals surface area contributed by atoms with Crippen molar-refractivity contribution < 1.29 is 23.1 Å². The van der Waals surface area contributed by atoms with Gasteiger partial charge in [0.1, 0.15) is 0 Å². The summed E-state index contributed by atoms with van der Waals surface area (Å²) in [6, 6.07) is 4.76. The molecule has 0 spiro atoms. The predicted octanol–water partition coefficient (Wildman–Crippen LogP) is -0.545. The molecule has 0 fully saturated rings. The first-order chi connectivity index (χ1) is 6.21. The molecule has 0 atom stereocenters. The van der Waals surface area contributed by atoms with E-state index in [-0.39, 0.29) is 10.2 Å². The van der Waals surface area contributed by atoms with E-state index >= 15 is 0 Å². The van der Waals surface area contributed by atoms with Gasteiger partial charge in [0.25, 0.3) is 0 Å². The Bertz CT molecular complexity index is 416. The second-order valence-electron chi connectivity index (χ2n) is 2.83. The predicted molar refractivity (Wildman–Crippen MR) is 52.8 cm³/mol. The van der Waals surface area contributed by atoms with Gasteiger partial charge < -0.3 is 0 Å². The highest BCUT2D eigenvalue weighted by Gasteiger charge is 2.33. The van der Waals surface area contributed by atoms with Gasteiger partial charge in [-0.1, -0.05) is 0 Å². The molecule has 0 aliphatic carbocycles. The summed E-state index contributed by atoms with van der Waals surface area (Å²) in [6.07, 6.45) is 1.04. The van der Waals surface area contributed by atoms with E-state index in [1.54, 1.807) is 0 Å². The van der Waals surface area contributed by atoms with Crippen LogP contribution in [0.2, 0.25) is 0 Å². The monoisotopic (exact) mass is 237 g/mol. The maximum Gasteiger partial charge on any atom is 0.440 e. The quantitative estimate of drug-likeness (QED) is 0.600. The summed E-state index contributed by atoms with van der Waals surface area (Å²) in [4.78, 5) is 26.6. The number of rotatable bonds is 2. The summed E-state index contributed by atoms with van der Waals surface area (Å²) < 4.78 is 22.0. The minimum absolute atomic E-state index is 0.0645. The molecule has 5 nitrogen and oxygen atoms in total. The van der Waals surface area contributed by atoms with Crippen molar-refractivity contribution in [2.24, 2.45) is 0 Å². The lowest BCUT2D eigenvalue weighted by Gasteiger charge is -2.03. The molecule has 1 aromatic rings. The van der Waals surface area contributed by atoms with E-state index in [1.165, 1.54) is 24.3 Å². The second-order valence-corrected chi connectivity index (χ2v) is 6.50. The van der Waals surface area contributed by atoms with Crippen LogP contribution in [0.1, 0.15) is 0 Å². The Morgan fingerprint density at radius 2 is 1.50 bits per heavy atom. The molecule has 1 aromatic carbocycles. The highest BCUT2D eigenvalue weighted by Crippen LogP contribution is 2.42. The van der Waals surface area contributed by atoms with Gasteiger partial charge in [-0.25, -0.2) is 8.42 Å². The zero-order valence-electron chi connectivity index (χ0n) is 7.32. The van der Waals surface area contributed by atoms with E-state index < -0.39 is 17.8 Å². The van der Waals surface area contributed by atoms with Crippen molar-refractivity contribution in [3.05, 3.63) is 24.3 Å². The van der Waals surface area contributed by atoms with Crippen molar-refractivity contribution in [3.63, 3.8) is 0 Å². The molecule has 1 rings (SSSR count). The third-order valence-corrected chi connectivity index (χ3v) is 3.73. The van der Waals surface area contributed by atoms with Crippen LogP contribution in [-0.2, 0) is 9.84 Å². The van der Waals surface area contributed by atoms with Gasteiger partial charge in [-0.15, -0.1) is 0 Å². The van der Waals surface area contributed by atoms with Crippen LogP contribution in [-0.4, -0.2) is 29.4 Å². The van der Waals surface area contributed by atoms with Crippen molar-refractivity contribution in [1.29, 1.82) is 0 Å². The largest absolute Gasteiger partial charge is 0.440 e. The first-order valence-electron chi connectivity index (χ1n) is 3.59. The van der Waals surface area contributed by atoms with Crippen LogP contribution in [0.25, 0.3) is 0 Å². The average molecular weight is 237 g/mol. The van der Waals surface area contributed by atoms with Crippen molar-refractivity contribution >= 4 is 23.1 Å². The smallest absolute Gasteiger partial charge is 0.224 e. The van der Waals surface area contributed by atoms with Crippen LogP contribution >= 0.6 is 7.94 Å². The van der Waals surface area contributed by atoms with Gasteiger partial charge in [-0.2, -0.15) is 14.7 Å². The Morgan fingerprint density at radius 3 is 1.79 bits per heavy atom. The van der Waals surface area contributed by atoms with Gasteiger partial charge in [0, 0.05) is 6.26 Å². The molecular weight excluding hydrogens is 227 g/mol. The standard InChI is InChI=1S/C7H10O5PS/c1-14(11,12)7-4-2-6(3-5-7)13(8,9)10/h2-5,8-10H,1H3/q+1. The fraction of sp³-hybridized carbons (Fsp3) is 0.143. The molecule has 0 radical (unpaired) electrons. The van der Waals surface area contributed by atoms with Crippen LogP contribution in [0.5, 0.6) is 0 Å². The molecule has 0 heterocycles. The van der Waals surface area contributed by atoms with Gasteiger partial charge >= 0.3 is 7.94 Å². The highest BCUT2D eigenvalue weighted by atomic mass is 32.2. The van der Waals surface area contributed by atoms with Gasteiger partial charge in [-0.3, -0.25) is 0 Å². The minimum atomic E-state index is -4.04. The molecule has 0 aliphatic rings. The van der Waals surface area contributed by atoms with Crippen LogP contribution in [0.4, 0.5) is 0 Å². The molecule has 0 bridgehead atoms. The number of benzene rings is 1. The first-order valence-corrected chi connectivity index (χ1v) is 7.13. The Kier molecular flexibility index (Phi) is 2.94. The summed E-state index contributed by atoms with van der Waals surface area (Å²) in [5.41, 5.74) is 0. The van der Waals surface area contributed by atoms with Crippen molar-refractivity contribution in [2.75, 3.05) is 6.26 Å². The molecule has 0 aliphatic heterocycles. The minimum Gasteiger partial charge on any atom is -0.224 e. The van der Waals surface area contributed by atoms with E-state index in [0.717, 1.165) is 6.26 Å². The van der Waals surface area contributed by atoms with E-state index in [1.807, 2.05) is 0 Å². The lowest BCUT2D eigenvalue weighted by atomic mass is 10.4.